The van der Waals surface area contributed by atoms with Crippen LogP contribution in [0.1, 0.15) is 51.6 Å². The van der Waals surface area contributed by atoms with Gasteiger partial charge in [0, 0.05) is 11.8 Å². The summed E-state index contributed by atoms with van der Waals surface area (Å²) in [4.78, 5) is 0. The van der Waals surface area contributed by atoms with Crippen molar-refractivity contribution in [2.45, 2.75) is 32.1 Å². The van der Waals surface area contributed by atoms with Gasteiger partial charge < -0.3 is 0 Å². The Bertz CT molecular complexity index is 1620. The first-order chi connectivity index (χ1) is 17.2. The van der Waals surface area contributed by atoms with Crippen molar-refractivity contribution in [1.29, 1.82) is 0 Å². The summed E-state index contributed by atoms with van der Waals surface area (Å²) >= 11 is 0. The molecule has 0 bridgehead atoms. The summed E-state index contributed by atoms with van der Waals surface area (Å²) in [5.74, 6) is 0.700. The number of fused-ring (bicyclic) bond motifs is 2. The smallest absolute Gasteiger partial charge is 0.0113 e. The fourth-order valence-corrected chi connectivity index (χ4v) is 6.72. The van der Waals surface area contributed by atoms with Crippen LogP contribution in [0, 0.1) is 13.8 Å². The maximum absolute atomic E-state index is 2.37. The Kier molecular flexibility index (Phi) is 4.57. The minimum absolute atomic E-state index is 0.350. The second-order valence-corrected chi connectivity index (χ2v) is 10.2. The average Bonchev–Trinajstić information content (AvgIpc) is 2.91. The lowest BCUT2D eigenvalue weighted by molar-refractivity contribution is 0.634. The van der Waals surface area contributed by atoms with E-state index >= 15 is 0 Å². The zero-order valence-electron chi connectivity index (χ0n) is 20.3. The SMILES string of the molecule is Cc1ccc2ccc(C)c3c2c1[C@H](c1cccc2ccccc12)C[C@H]3c1cccc2ccccc12. The van der Waals surface area contributed by atoms with E-state index in [0.29, 0.717) is 11.8 Å². The van der Waals surface area contributed by atoms with E-state index in [1.807, 2.05) is 0 Å². The molecule has 7 rings (SSSR count). The molecule has 0 nitrogen and oxygen atoms in total. The summed E-state index contributed by atoms with van der Waals surface area (Å²) in [7, 11) is 0. The van der Waals surface area contributed by atoms with Gasteiger partial charge in [-0.15, -0.1) is 0 Å². The van der Waals surface area contributed by atoms with Crippen molar-refractivity contribution >= 4 is 32.3 Å². The van der Waals surface area contributed by atoms with Crippen LogP contribution in [0.2, 0.25) is 0 Å². The first-order valence-electron chi connectivity index (χ1n) is 12.7. The maximum atomic E-state index is 2.37. The van der Waals surface area contributed by atoms with E-state index in [2.05, 4.69) is 123 Å². The minimum Gasteiger partial charge on any atom is -0.0616 e. The molecule has 0 saturated carbocycles. The lowest BCUT2D eigenvalue weighted by Gasteiger charge is -2.36. The number of benzene rings is 6. The lowest BCUT2D eigenvalue weighted by Crippen LogP contribution is -2.18. The van der Waals surface area contributed by atoms with Gasteiger partial charge in [-0.3, -0.25) is 0 Å². The van der Waals surface area contributed by atoms with E-state index in [1.165, 1.54) is 65.7 Å². The van der Waals surface area contributed by atoms with Crippen LogP contribution in [0.5, 0.6) is 0 Å². The van der Waals surface area contributed by atoms with Crippen LogP contribution >= 0.6 is 0 Å². The van der Waals surface area contributed by atoms with Crippen molar-refractivity contribution in [3.05, 3.63) is 143 Å². The van der Waals surface area contributed by atoms with E-state index < -0.39 is 0 Å². The molecule has 6 aromatic rings. The maximum Gasteiger partial charge on any atom is 0.0113 e. The Balaban J connectivity index is 1.59. The molecule has 0 amide bonds. The molecule has 35 heavy (non-hydrogen) atoms. The minimum atomic E-state index is 0.350. The van der Waals surface area contributed by atoms with Gasteiger partial charge in [-0.05, 0) is 86.0 Å². The summed E-state index contributed by atoms with van der Waals surface area (Å²) in [5, 5.41) is 8.25. The van der Waals surface area contributed by atoms with E-state index in [1.54, 1.807) is 0 Å². The summed E-state index contributed by atoms with van der Waals surface area (Å²) in [6.07, 6.45) is 1.08. The molecule has 0 unspecified atom stereocenters. The van der Waals surface area contributed by atoms with Gasteiger partial charge in [-0.2, -0.15) is 0 Å². The molecular weight excluding hydrogens is 420 g/mol. The van der Waals surface area contributed by atoms with Crippen molar-refractivity contribution in [2.75, 3.05) is 0 Å². The zero-order chi connectivity index (χ0) is 23.5. The number of aryl methyl sites for hydroxylation is 2. The van der Waals surface area contributed by atoms with E-state index in [0.717, 1.165) is 6.42 Å². The van der Waals surface area contributed by atoms with Crippen molar-refractivity contribution in [3.63, 3.8) is 0 Å². The highest BCUT2D eigenvalue weighted by Crippen LogP contribution is 2.52. The van der Waals surface area contributed by atoms with Crippen molar-refractivity contribution < 1.29 is 0 Å². The van der Waals surface area contributed by atoms with Crippen LogP contribution in [0.25, 0.3) is 32.3 Å². The van der Waals surface area contributed by atoms with Crippen LogP contribution in [-0.2, 0) is 0 Å². The van der Waals surface area contributed by atoms with Gasteiger partial charge in [-0.1, -0.05) is 109 Å². The summed E-state index contributed by atoms with van der Waals surface area (Å²) in [6, 6.07) is 40.8. The zero-order valence-corrected chi connectivity index (χ0v) is 20.3. The van der Waals surface area contributed by atoms with E-state index in [9.17, 15) is 0 Å². The van der Waals surface area contributed by atoms with Gasteiger partial charge in [-0.25, -0.2) is 0 Å². The second kappa shape index (κ2) is 7.82. The standard InChI is InChI=1S/C35H28/c1-22-17-19-26-20-18-23(2)34-32(30-16-8-12-25-10-4-6-14-28(25)30)21-31(33(22)35(26)34)29-15-7-11-24-9-3-5-13-27(24)29/h3-20,31-32H,21H2,1-2H3/t31-,32-/m0/s1. The highest BCUT2D eigenvalue weighted by Gasteiger charge is 2.34. The first kappa shape index (κ1) is 20.5. The third-order valence-electron chi connectivity index (χ3n) is 8.27. The molecular formula is C35H28. The van der Waals surface area contributed by atoms with Crippen molar-refractivity contribution in [2.24, 2.45) is 0 Å². The quantitative estimate of drug-likeness (QED) is 0.247. The van der Waals surface area contributed by atoms with Gasteiger partial charge in [0.2, 0.25) is 0 Å². The molecule has 0 spiro atoms. The molecule has 0 aliphatic heterocycles. The molecule has 1 aliphatic carbocycles. The summed E-state index contributed by atoms with van der Waals surface area (Å²) in [5.41, 5.74) is 8.76. The molecule has 0 fully saturated rings. The third-order valence-corrected chi connectivity index (χ3v) is 8.27. The predicted molar refractivity (Wildman–Crippen MR) is 150 cm³/mol. The molecule has 168 valence electrons. The molecule has 1 aliphatic rings. The number of rotatable bonds is 2. The van der Waals surface area contributed by atoms with Crippen LogP contribution < -0.4 is 0 Å². The fraction of sp³-hybridized carbons (Fsp3) is 0.143. The molecule has 0 radical (unpaired) electrons. The van der Waals surface area contributed by atoms with Gasteiger partial charge in [0.15, 0.2) is 0 Å². The Morgan fingerprint density at radius 2 is 0.914 bits per heavy atom. The fourth-order valence-electron chi connectivity index (χ4n) is 6.72. The number of hydrogen-bond acceptors (Lipinski definition) is 0. The van der Waals surface area contributed by atoms with Crippen LogP contribution in [0.3, 0.4) is 0 Å². The predicted octanol–water partition coefficient (Wildman–Crippen LogP) is 9.43. The van der Waals surface area contributed by atoms with Gasteiger partial charge in [0.05, 0.1) is 0 Å². The van der Waals surface area contributed by atoms with Crippen LogP contribution in [0.15, 0.2) is 109 Å². The molecule has 0 heteroatoms. The normalized spacial score (nSPS) is 17.3. The lowest BCUT2D eigenvalue weighted by atomic mass is 9.67. The van der Waals surface area contributed by atoms with Gasteiger partial charge in [0.1, 0.15) is 0 Å². The summed E-state index contributed by atoms with van der Waals surface area (Å²) in [6.45, 7) is 4.61. The molecule has 0 heterocycles. The number of hydrogen-bond donors (Lipinski definition) is 0. The molecule has 0 N–H and O–H groups in total. The molecule has 0 aromatic heterocycles. The molecule has 6 aromatic carbocycles. The Morgan fingerprint density at radius 1 is 0.457 bits per heavy atom. The Hall–Kier alpha value is -3.90. The Labute approximate surface area is 206 Å². The highest BCUT2D eigenvalue weighted by molar-refractivity contribution is 5.96. The van der Waals surface area contributed by atoms with Gasteiger partial charge >= 0.3 is 0 Å². The Morgan fingerprint density at radius 3 is 1.43 bits per heavy atom. The highest BCUT2D eigenvalue weighted by atomic mass is 14.4. The first-order valence-corrected chi connectivity index (χ1v) is 12.7. The van der Waals surface area contributed by atoms with E-state index in [4.69, 9.17) is 0 Å². The van der Waals surface area contributed by atoms with Gasteiger partial charge in [0.25, 0.3) is 0 Å². The largest absolute Gasteiger partial charge is 0.0616 e. The summed E-state index contributed by atoms with van der Waals surface area (Å²) < 4.78 is 0. The molecule has 0 saturated heterocycles. The van der Waals surface area contributed by atoms with Crippen LogP contribution in [-0.4, -0.2) is 0 Å². The third kappa shape index (κ3) is 3.06. The monoisotopic (exact) mass is 448 g/mol. The average molecular weight is 449 g/mol. The van der Waals surface area contributed by atoms with E-state index in [-0.39, 0.29) is 0 Å². The van der Waals surface area contributed by atoms with Crippen molar-refractivity contribution in [3.8, 4) is 0 Å². The second-order valence-electron chi connectivity index (χ2n) is 10.2. The van der Waals surface area contributed by atoms with Crippen LogP contribution in [0.4, 0.5) is 0 Å². The topological polar surface area (TPSA) is 0 Å². The van der Waals surface area contributed by atoms with Crippen molar-refractivity contribution in [1.82, 2.24) is 0 Å². The molecule has 2 atom stereocenters.